The predicted octanol–water partition coefficient (Wildman–Crippen LogP) is 11.1. The second kappa shape index (κ2) is 20.8. The van der Waals surface area contributed by atoms with E-state index >= 15 is 0 Å². The Labute approximate surface area is 339 Å². The fourth-order valence-electron chi connectivity index (χ4n) is 9.86. The van der Waals surface area contributed by atoms with Crippen LogP contribution in [-0.4, -0.2) is 95.9 Å². The number of nitrogens with zero attached hydrogens (tertiary/aromatic N) is 8. The highest BCUT2D eigenvalue weighted by atomic mass is 16.5. The maximum atomic E-state index is 11.4. The standard InChI is InChI=1S/C45H88N8O2/c1-15-21-25-35(19-5)33-49(34-36(20-6)26-22-16-2)39-46-40(50(27-23-17-3)37-29-42(7,8)52(54)43(9,10)30-37)48-41(47-39)51(28-24-18-4)38-31-44(11,12)53(55)45(13,14)32-38/h35-38,54-55H,15-34H2,1-14H3. The van der Waals surface area contributed by atoms with Gasteiger partial charge in [-0.15, -0.1) is 0 Å². The van der Waals surface area contributed by atoms with E-state index in [1.165, 1.54) is 38.5 Å². The molecule has 320 valence electrons. The zero-order chi connectivity index (χ0) is 41.2. The van der Waals surface area contributed by atoms with Gasteiger partial charge in [-0.25, -0.2) is 0 Å². The lowest BCUT2D eigenvalue weighted by Crippen LogP contribution is -2.63. The van der Waals surface area contributed by atoms with Crippen LogP contribution in [0.4, 0.5) is 17.8 Å². The molecule has 55 heavy (non-hydrogen) atoms. The second-order valence-corrected chi connectivity index (χ2v) is 20.1. The second-order valence-electron chi connectivity index (χ2n) is 20.1. The van der Waals surface area contributed by atoms with Gasteiger partial charge in [-0.2, -0.15) is 25.1 Å². The van der Waals surface area contributed by atoms with Crippen molar-refractivity contribution in [1.82, 2.24) is 25.1 Å². The maximum Gasteiger partial charge on any atom is 0.232 e. The van der Waals surface area contributed by atoms with Gasteiger partial charge < -0.3 is 25.1 Å². The number of aromatic nitrogens is 3. The lowest BCUT2D eigenvalue weighted by molar-refractivity contribution is -0.244. The number of piperidine rings is 2. The minimum absolute atomic E-state index is 0.164. The molecule has 2 aliphatic heterocycles. The topological polar surface area (TPSA) is 95.3 Å². The van der Waals surface area contributed by atoms with Crippen LogP contribution in [-0.2, 0) is 0 Å². The average molecular weight is 773 g/mol. The zero-order valence-electron chi connectivity index (χ0n) is 38.4. The molecule has 2 fully saturated rings. The molecule has 2 N–H and O–H groups in total. The summed E-state index contributed by atoms with van der Waals surface area (Å²) in [4.78, 5) is 24.2. The fourth-order valence-corrected chi connectivity index (χ4v) is 9.86. The van der Waals surface area contributed by atoms with Crippen LogP contribution in [0.3, 0.4) is 0 Å². The van der Waals surface area contributed by atoms with Gasteiger partial charge in [-0.3, -0.25) is 0 Å². The summed E-state index contributed by atoms with van der Waals surface area (Å²) >= 11 is 0. The Morgan fingerprint density at radius 2 is 0.836 bits per heavy atom. The Kier molecular flexibility index (Phi) is 18.0. The molecule has 10 nitrogen and oxygen atoms in total. The monoisotopic (exact) mass is 773 g/mol. The van der Waals surface area contributed by atoms with Crippen molar-refractivity contribution < 1.29 is 10.4 Å². The summed E-state index contributed by atoms with van der Waals surface area (Å²) in [6.07, 6.45) is 17.2. The fraction of sp³-hybridized carbons (Fsp3) is 0.933. The molecular weight excluding hydrogens is 685 g/mol. The summed E-state index contributed by atoms with van der Waals surface area (Å²) in [5.74, 6) is 3.54. The first-order valence-corrected chi connectivity index (χ1v) is 22.8. The molecule has 2 atom stereocenters. The van der Waals surface area contributed by atoms with Crippen LogP contribution in [0.25, 0.3) is 0 Å². The third kappa shape index (κ3) is 12.6. The molecule has 0 aromatic carbocycles. The van der Waals surface area contributed by atoms with E-state index in [9.17, 15) is 10.4 Å². The lowest BCUT2D eigenvalue weighted by atomic mass is 9.78. The normalized spacial score (nSPS) is 21.4. The van der Waals surface area contributed by atoms with Gasteiger partial charge in [0, 0.05) is 60.4 Å². The molecule has 1 aromatic heterocycles. The zero-order valence-corrected chi connectivity index (χ0v) is 38.4. The van der Waals surface area contributed by atoms with E-state index in [-0.39, 0.29) is 12.1 Å². The van der Waals surface area contributed by atoms with Crippen molar-refractivity contribution in [1.29, 1.82) is 0 Å². The first-order chi connectivity index (χ1) is 25.8. The SMILES string of the molecule is CCCCC(CC)CN(CC(CC)CCCC)c1nc(N(CCCC)C2CC(C)(C)N(O)C(C)(C)C2)nc(N(CCCC)C2CC(C)(C)N(O)C(C)(C)C2)n1. The van der Waals surface area contributed by atoms with Gasteiger partial charge >= 0.3 is 0 Å². The molecule has 0 spiro atoms. The summed E-state index contributed by atoms with van der Waals surface area (Å²) in [6.45, 7) is 34.8. The van der Waals surface area contributed by atoms with E-state index in [0.717, 1.165) is 108 Å². The third-order valence-electron chi connectivity index (χ3n) is 13.1. The Bertz CT molecular complexity index is 1150. The first kappa shape index (κ1) is 47.6. The van der Waals surface area contributed by atoms with Gasteiger partial charge in [-0.05, 0) is 119 Å². The van der Waals surface area contributed by atoms with Gasteiger partial charge in [0.2, 0.25) is 17.8 Å². The van der Waals surface area contributed by atoms with Crippen LogP contribution in [0, 0.1) is 11.8 Å². The van der Waals surface area contributed by atoms with E-state index in [0.29, 0.717) is 11.8 Å². The Hall–Kier alpha value is -1.75. The molecule has 2 saturated heterocycles. The van der Waals surface area contributed by atoms with Crippen molar-refractivity contribution in [2.45, 2.75) is 234 Å². The molecule has 0 bridgehead atoms. The molecule has 0 saturated carbocycles. The van der Waals surface area contributed by atoms with Gasteiger partial charge in [0.1, 0.15) is 0 Å². The van der Waals surface area contributed by atoms with Crippen LogP contribution in [0.2, 0.25) is 0 Å². The molecule has 10 heteroatoms. The quantitative estimate of drug-likeness (QED) is 0.112. The van der Waals surface area contributed by atoms with Gasteiger partial charge in [-0.1, -0.05) is 92.9 Å². The van der Waals surface area contributed by atoms with E-state index < -0.39 is 22.2 Å². The first-order valence-electron chi connectivity index (χ1n) is 22.8. The molecule has 0 radical (unpaired) electrons. The van der Waals surface area contributed by atoms with E-state index in [1.807, 2.05) is 0 Å². The summed E-state index contributed by atoms with van der Waals surface area (Å²) in [5, 5.41) is 25.9. The number of hydroxylamine groups is 4. The summed E-state index contributed by atoms with van der Waals surface area (Å²) < 4.78 is 0. The maximum absolute atomic E-state index is 11.4. The van der Waals surface area contributed by atoms with Crippen molar-refractivity contribution in [2.75, 3.05) is 40.9 Å². The van der Waals surface area contributed by atoms with Crippen molar-refractivity contribution in [2.24, 2.45) is 11.8 Å². The van der Waals surface area contributed by atoms with Crippen LogP contribution in [0.5, 0.6) is 0 Å². The van der Waals surface area contributed by atoms with Gasteiger partial charge in [0.05, 0.1) is 0 Å². The van der Waals surface area contributed by atoms with Crippen molar-refractivity contribution in [3.05, 3.63) is 0 Å². The van der Waals surface area contributed by atoms with Crippen molar-refractivity contribution >= 4 is 17.8 Å². The summed E-state index contributed by atoms with van der Waals surface area (Å²) in [7, 11) is 0. The van der Waals surface area contributed by atoms with E-state index in [4.69, 9.17) is 15.0 Å². The van der Waals surface area contributed by atoms with Crippen LogP contribution >= 0.6 is 0 Å². The molecule has 0 aliphatic carbocycles. The number of anilines is 3. The Balaban J connectivity index is 2.33. The van der Waals surface area contributed by atoms with Crippen molar-refractivity contribution in [3.8, 4) is 0 Å². The predicted molar refractivity (Wildman–Crippen MR) is 233 cm³/mol. The highest BCUT2D eigenvalue weighted by Crippen LogP contribution is 2.42. The third-order valence-corrected chi connectivity index (χ3v) is 13.1. The summed E-state index contributed by atoms with van der Waals surface area (Å²) in [5.41, 5.74) is -1.59. The molecule has 2 unspecified atom stereocenters. The number of rotatable bonds is 23. The lowest BCUT2D eigenvalue weighted by Gasteiger charge is -2.54. The molecule has 1 aromatic rings. The van der Waals surface area contributed by atoms with E-state index in [1.54, 1.807) is 10.1 Å². The van der Waals surface area contributed by atoms with Gasteiger partial charge in [0.15, 0.2) is 0 Å². The minimum Gasteiger partial charge on any atom is -0.340 e. The number of hydrogen-bond donors (Lipinski definition) is 2. The Morgan fingerprint density at radius 3 is 1.13 bits per heavy atom. The average Bonchev–Trinajstić information content (AvgIpc) is 3.12. The van der Waals surface area contributed by atoms with Crippen LogP contribution < -0.4 is 14.7 Å². The van der Waals surface area contributed by atoms with Crippen LogP contribution in [0.1, 0.15) is 200 Å². The highest BCUT2D eigenvalue weighted by molar-refractivity contribution is 5.48. The van der Waals surface area contributed by atoms with E-state index in [2.05, 4.69) is 112 Å². The molecule has 0 amide bonds. The van der Waals surface area contributed by atoms with Gasteiger partial charge in [0.25, 0.3) is 0 Å². The molecule has 2 aliphatic rings. The molecule has 3 rings (SSSR count). The number of unbranched alkanes of at least 4 members (excludes halogenated alkanes) is 4. The number of hydrogen-bond acceptors (Lipinski definition) is 10. The highest BCUT2D eigenvalue weighted by Gasteiger charge is 2.49. The minimum atomic E-state index is -0.397. The molecular formula is C45H88N8O2. The smallest absolute Gasteiger partial charge is 0.232 e. The van der Waals surface area contributed by atoms with Crippen LogP contribution in [0.15, 0.2) is 0 Å². The van der Waals surface area contributed by atoms with Crippen molar-refractivity contribution in [3.63, 3.8) is 0 Å². The Morgan fingerprint density at radius 1 is 0.527 bits per heavy atom. The largest absolute Gasteiger partial charge is 0.340 e. The molecule has 3 heterocycles. The summed E-state index contributed by atoms with van der Waals surface area (Å²) in [6, 6.07) is 0.328.